The Morgan fingerprint density at radius 1 is 1.37 bits per heavy atom. The number of carbonyl (C=O) groups excluding carboxylic acids is 1. The number of halogens is 1. The number of benzene rings is 1. The molecule has 4 rings (SSSR count). The summed E-state index contributed by atoms with van der Waals surface area (Å²) in [5.41, 5.74) is 2.37. The molecule has 0 saturated carbocycles. The van der Waals surface area contributed by atoms with Crippen molar-refractivity contribution in [3.8, 4) is 17.2 Å². The van der Waals surface area contributed by atoms with Crippen molar-refractivity contribution in [1.29, 1.82) is 5.26 Å². The molecule has 154 valence electrons. The summed E-state index contributed by atoms with van der Waals surface area (Å²) in [5.74, 6) is 1.45. The van der Waals surface area contributed by atoms with E-state index in [-0.39, 0.29) is 6.42 Å². The molecular weight excluding hydrogens is 404 g/mol. The molecule has 1 fully saturated rings. The molecule has 0 amide bonds. The van der Waals surface area contributed by atoms with Gasteiger partial charge in [0.1, 0.15) is 12.1 Å². The Kier molecular flexibility index (Phi) is 5.55. The number of anilines is 1. The zero-order valence-electron chi connectivity index (χ0n) is 16.8. The Morgan fingerprint density at radius 2 is 2.13 bits per heavy atom. The fourth-order valence-electron chi connectivity index (χ4n) is 3.79. The van der Waals surface area contributed by atoms with E-state index in [4.69, 9.17) is 16.3 Å². The molecule has 0 unspecified atom stereocenters. The number of esters is 1. The maximum absolute atomic E-state index is 12.2. The first kappa shape index (κ1) is 20.1. The van der Waals surface area contributed by atoms with Gasteiger partial charge in [0, 0.05) is 29.2 Å². The van der Waals surface area contributed by atoms with Crippen LogP contribution in [0.1, 0.15) is 31.0 Å². The predicted molar refractivity (Wildman–Crippen MR) is 112 cm³/mol. The van der Waals surface area contributed by atoms with Gasteiger partial charge in [-0.2, -0.15) is 19.9 Å². The monoisotopic (exact) mass is 424 g/mol. The van der Waals surface area contributed by atoms with Gasteiger partial charge >= 0.3 is 5.97 Å². The molecule has 3 aromatic rings. The Balaban J connectivity index is 1.99. The summed E-state index contributed by atoms with van der Waals surface area (Å²) in [6.45, 7) is 3.94. The van der Waals surface area contributed by atoms with Crippen LogP contribution >= 0.6 is 11.6 Å². The minimum atomic E-state index is -0.407. The predicted octanol–water partition coefficient (Wildman–Crippen LogP) is 3.27. The highest BCUT2D eigenvalue weighted by Crippen LogP contribution is 2.39. The second kappa shape index (κ2) is 8.28. The molecule has 9 heteroatoms. The Morgan fingerprint density at radius 3 is 2.80 bits per heavy atom. The maximum atomic E-state index is 12.2. The van der Waals surface area contributed by atoms with Crippen molar-refractivity contribution in [2.75, 3.05) is 25.1 Å². The summed E-state index contributed by atoms with van der Waals surface area (Å²) < 4.78 is 6.59. The van der Waals surface area contributed by atoms with Crippen molar-refractivity contribution in [3.63, 3.8) is 0 Å². The molecular formula is C21H21ClN6O2. The highest BCUT2D eigenvalue weighted by atomic mass is 35.5. The normalized spacial score (nSPS) is 14.7. The lowest BCUT2D eigenvalue weighted by atomic mass is 9.96. The Hall–Kier alpha value is -3.18. The summed E-state index contributed by atoms with van der Waals surface area (Å²) in [5, 5.41) is 14.0. The number of methoxy groups -OCH3 is 1. The van der Waals surface area contributed by atoms with E-state index in [9.17, 15) is 10.1 Å². The molecule has 2 aromatic heterocycles. The van der Waals surface area contributed by atoms with Gasteiger partial charge in [0.25, 0.3) is 5.78 Å². The molecule has 8 nitrogen and oxygen atoms in total. The number of hydrogen-bond donors (Lipinski definition) is 0. The third-order valence-corrected chi connectivity index (χ3v) is 5.78. The molecule has 30 heavy (non-hydrogen) atoms. The third kappa shape index (κ3) is 3.68. The lowest BCUT2D eigenvalue weighted by Gasteiger charge is -2.34. The first-order chi connectivity index (χ1) is 14.5. The van der Waals surface area contributed by atoms with Crippen LogP contribution in [0.25, 0.3) is 16.9 Å². The van der Waals surface area contributed by atoms with Crippen LogP contribution in [0.2, 0.25) is 5.02 Å². The molecule has 1 saturated heterocycles. The van der Waals surface area contributed by atoms with Crippen molar-refractivity contribution in [2.45, 2.75) is 26.2 Å². The van der Waals surface area contributed by atoms with Crippen LogP contribution in [-0.4, -0.2) is 45.8 Å². The summed E-state index contributed by atoms with van der Waals surface area (Å²) in [6, 6.07) is 7.21. The average molecular weight is 425 g/mol. The van der Waals surface area contributed by atoms with Gasteiger partial charge in [-0.15, -0.1) is 0 Å². The quantitative estimate of drug-likeness (QED) is 0.593. The molecule has 0 N–H and O–H groups in total. The summed E-state index contributed by atoms with van der Waals surface area (Å²) in [6.07, 6.45) is 3.52. The van der Waals surface area contributed by atoms with Gasteiger partial charge in [-0.3, -0.25) is 4.79 Å². The molecule has 0 aliphatic carbocycles. The Bertz CT molecular complexity index is 1140. The highest BCUT2D eigenvalue weighted by molar-refractivity contribution is 6.33. The van der Waals surface area contributed by atoms with Gasteiger partial charge in [0.15, 0.2) is 0 Å². The Labute approximate surface area is 179 Å². The van der Waals surface area contributed by atoms with Crippen LogP contribution in [0, 0.1) is 17.2 Å². The van der Waals surface area contributed by atoms with E-state index in [0.29, 0.717) is 39.1 Å². The minimum absolute atomic E-state index is 0.0250. The van der Waals surface area contributed by atoms with Gasteiger partial charge in [-0.25, -0.2) is 4.98 Å². The average Bonchev–Trinajstić information content (AvgIpc) is 3.21. The molecule has 1 aromatic carbocycles. The van der Waals surface area contributed by atoms with Crippen molar-refractivity contribution in [2.24, 2.45) is 5.92 Å². The van der Waals surface area contributed by atoms with E-state index in [2.05, 4.69) is 33.0 Å². The SMILES string of the molecule is COC(=O)Cc1nc2ncnn2c(N2CCC(C)CC2)c1-c1ccc(C#N)cc1Cl. The molecule has 0 bridgehead atoms. The van der Waals surface area contributed by atoms with E-state index in [1.165, 1.54) is 13.4 Å². The molecule has 3 heterocycles. The number of nitrogens with zero attached hydrogens (tertiary/aromatic N) is 6. The van der Waals surface area contributed by atoms with Crippen LogP contribution in [0.3, 0.4) is 0 Å². The zero-order chi connectivity index (χ0) is 21.3. The summed E-state index contributed by atoms with van der Waals surface area (Å²) in [7, 11) is 1.35. The van der Waals surface area contributed by atoms with E-state index in [1.807, 2.05) is 0 Å². The van der Waals surface area contributed by atoms with Crippen LogP contribution in [0.15, 0.2) is 24.5 Å². The number of ether oxygens (including phenoxy) is 1. The number of hydrogen-bond acceptors (Lipinski definition) is 7. The fraction of sp³-hybridized carbons (Fsp3) is 0.381. The van der Waals surface area contributed by atoms with Crippen LogP contribution in [0.4, 0.5) is 5.82 Å². The van der Waals surface area contributed by atoms with E-state index in [1.54, 1.807) is 22.7 Å². The van der Waals surface area contributed by atoms with Crippen molar-refractivity contribution < 1.29 is 9.53 Å². The second-order valence-corrected chi connectivity index (χ2v) is 7.87. The second-order valence-electron chi connectivity index (χ2n) is 7.46. The maximum Gasteiger partial charge on any atom is 0.311 e. The molecule has 0 spiro atoms. The van der Waals surface area contributed by atoms with Crippen LogP contribution in [0.5, 0.6) is 0 Å². The molecule has 0 radical (unpaired) electrons. The summed E-state index contributed by atoms with van der Waals surface area (Å²) >= 11 is 6.59. The van der Waals surface area contributed by atoms with Gasteiger partial charge in [0.2, 0.25) is 0 Å². The van der Waals surface area contributed by atoms with E-state index >= 15 is 0 Å². The molecule has 1 aliphatic heterocycles. The van der Waals surface area contributed by atoms with Crippen LogP contribution in [-0.2, 0) is 16.0 Å². The van der Waals surface area contributed by atoms with Crippen molar-refractivity contribution >= 4 is 29.2 Å². The zero-order valence-corrected chi connectivity index (χ0v) is 17.6. The van der Waals surface area contributed by atoms with E-state index < -0.39 is 5.97 Å². The smallest absolute Gasteiger partial charge is 0.311 e. The van der Waals surface area contributed by atoms with Crippen molar-refractivity contribution in [3.05, 3.63) is 40.8 Å². The van der Waals surface area contributed by atoms with E-state index in [0.717, 1.165) is 31.7 Å². The highest BCUT2D eigenvalue weighted by Gasteiger charge is 2.27. The fourth-order valence-corrected chi connectivity index (χ4v) is 4.06. The number of piperidine rings is 1. The number of fused-ring (bicyclic) bond motifs is 1. The lowest BCUT2D eigenvalue weighted by molar-refractivity contribution is -0.139. The summed E-state index contributed by atoms with van der Waals surface area (Å²) in [4.78, 5) is 23.2. The first-order valence-electron chi connectivity index (χ1n) is 9.76. The van der Waals surface area contributed by atoms with Gasteiger partial charge < -0.3 is 9.64 Å². The molecule has 0 atom stereocenters. The topological polar surface area (TPSA) is 96.4 Å². The number of aromatic nitrogens is 4. The van der Waals surface area contributed by atoms with Gasteiger partial charge in [-0.1, -0.05) is 24.6 Å². The first-order valence-corrected chi connectivity index (χ1v) is 10.1. The lowest BCUT2D eigenvalue weighted by Crippen LogP contribution is -2.35. The minimum Gasteiger partial charge on any atom is -0.469 e. The number of carbonyl (C=O) groups is 1. The van der Waals surface area contributed by atoms with Gasteiger partial charge in [0.05, 0.1) is 30.9 Å². The van der Waals surface area contributed by atoms with Crippen LogP contribution < -0.4 is 4.90 Å². The largest absolute Gasteiger partial charge is 0.469 e. The number of nitriles is 1. The van der Waals surface area contributed by atoms with Crippen molar-refractivity contribution in [1.82, 2.24) is 19.6 Å². The third-order valence-electron chi connectivity index (χ3n) is 5.47. The standard InChI is InChI=1S/C21H21ClN6O2/c1-13-5-7-27(8-6-13)20-19(15-4-3-14(11-23)9-16(15)22)17(10-18(29)30-2)26-21-24-12-25-28(20)21/h3-4,9,12-13H,5-8,10H2,1-2H3. The molecule has 1 aliphatic rings. The number of rotatable bonds is 4. The van der Waals surface area contributed by atoms with Gasteiger partial charge in [-0.05, 0) is 30.9 Å².